The zero-order chi connectivity index (χ0) is 31.4. The molecule has 5 rings (SSSR count). The van der Waals surface area contributed by atoms with Gasteiger partial charge in [0.15, 0.2) is 0 Å². The van der Waals surface area contributed by atoms with E-state index in [2.05, 4.69) is 15.0 Å². The Hall–Kier alpha value is -4.13. The molecule has 1 saturated carbocycles. The normalized spacial score (nSPS) is 20.0. The van der Waals surface area contributed by atoms with Crippen LogP contribution in [0.4, 0.5) is 0 Å². The molecule has 12 heteroatoms. The van der Waals surface area contributed by atoms with Gasteiger partial charge in [0.25, 0.3) is 0 Å². The van der Waals surface area contributed by atoms with Crippen LogP contribution in [0.2, 0.25) is 0 Å². The molecule has 3 N–H and O–H groups in total. The second kappa shape index (κ2) is 12.8. The van der Waals surface area contributed by atoms with Crippen molar-refractivity contribution in [2.45, 2.75) is 60.5 Å². The maximum absolute atomic E-state index is 14.5. The lowest BCUT2D eigenvalue weighted by Crippen LogP contribution is -2.61. The topological polar surface area (TPSA) is 139 Å². The van der Waals surface area contributed by atoms with Crippen molar-refractivity contribution in [2.24, 2.45) is 0 Å². The number of sulfonamides is 1. The Morgan fingerprint density at radius 3 is 2.48 bits per heavy atom. The largest absolute Gasteiger partial charge is 0.481 e. The number of nitrogens with one attached hydrogen (secondary N) is 2. The third-order valence-electron chi connectivity index (χ3n) is 8.20. The molecule has 2 aromatic heterocycles. The van der Waals surface area contributed by atoms with Crippen molar-refractivity contribution in [3.05, 3.63) is 103 Å². The van der Waals surface area contributed by atoms with Gasteiger partial charge < -0.3 is 19.6 Å². The molecule has 0 spiro atoms. The summed E-state index contributed by atoms with van der Waals surface area (Å²) in [6.45, 7) is 0. The Kier molecular flexibility index (Phi) is 9.14. The van der Waals surface area contributed by atoms with E-state index >= 15 is 0 Å². The fourth-order valence-corrected chi connectivity index (χ4v) is 7.84. The number of hydrogen-bond donors (Lipinski definition) is 3. The van der Waals surface area contributed by atoms with E-state index in [1.165, 1.54) is 12.1 Å². The molecular weight excluding hydrogens is 601 g/mol. The molecule has 1 aliphatic carbocycles. The van der Waals surface area contributed by atoms with Gasteiger partial charge in [0.05, 0.1) is 21.7 Å². The molecule has 2 aromatic carbocycles. The highest BCUT2D eigenvalue weighted by Crippen LogP contribution is 2.43. The molecule has 1 fully saturated rings. The van der Waals surface area contributed by atoms with Gasteiger partial charge >= 0.3 is 11.9 Å². The summed E-state index contributed by atoms with van der Waals surface area (Å²) in [6, 6.07) is 20.0. The van der Waals surface area contributed by atoms with E-state index in [1.54, 1.807) is 61.8 Å². The first-order chi connectivity index (χ1) is 21.1. The van der Waals surface area contributed by atoms with E-state index in [4.69, 9.17) is 17.0 Å². The minimum Gasteiger partial charge on any atom is -0.481 e. The number of carboxylic acids is 1. The van der Waals surface area contributed by atoms with Crippen LogP contribution in [0, 0.1) is 0 Å². The van der Waals surface area contributed by atoms with Crippen molar-refractivity contribution in [3.63, 3.8) is 0 Å². The molecule has 0 radical (unpaired) electrons. The number of carbonyl (C=O) groups is 2. The van der Waals surface area contributed by atoms with Gasteiger partial charge in [-0.25, -0.2) is 18.2 Å². The first-order valence-corrected chi connectivity index (χ1v) is 16.2. The standard InChI is InChI=1S/C32H34N4O6S2/c1-33-29(43)32(24-15-16-27-34-18-19-36(27)22-24)17-9-8-14-26(32)42-30(39)31(21-28(37)38,20-23-10-4-2-5-11-23)35-44(40,41)25-12-6-3-7-13-25/h2-7,10-13,15-16,18-19,22,26,35H,8-9,14,17,20-21H2,1H3,(H,33,43)(H,37,38)/t26?,31-,32?/m0/s1. The fourth-order valence-electron chi connectivity index (χ4n) is 6.11. The van der Waals surface area contributed by atoms with E-state index in [0.29, 0.717) is 23.4 Å². The molecule has 1 aliphatic rings. The number of thiocarbonyl (C=S) groups is 1. The maximum atomic E-state index is 14.5. The number of carboxylic acid groups (broad SMARTS) is 1. The van der Waals surface area contributed by atoms with E-state index < -0.39 is 45.4 Å². The minimum absolute atomic E-state index is 0.104. The molecule has 3 atom stereocenters. The number of esters is 1. The Balaban J connectivity index is 1.61. The van der Waals surface area contributed by atoms with Gasteiger partial charge in [-0.3, -0.25) is 4.79 Å². The first kappa shape index (κ1) is 31.3. The van der Waals surface area contributed by atoms with Crippen LogP contribution in [0.15, 0.2) is 96.3 Å². The molecule has 230 valence electrons. The van der Waals surface area contributed by atoms with Gasteiger partial charge in [0, 0.05) is 32.1 Å². The van der Waals surface area contributed by atoms with Crippen LogP contribution in [0.5, 0.6) is 0 Å². The van der Waals surface area contributed by atoms with Crippen LogP contribution in [0.1, 0.15) is 43.2 Å². The molecular formula is C32H34N4O6S2. The predicted octanol–water partition coefficient (Wildman–Crippen LogP) is 4.04. The van der Waals surface area contributed by atoms with Gasteiger partial charge in [0.1, 0.15) is 17.3 Å². The molecule has 2 unspecified atom stereocenters. The minimum atomic E-state index is -4.35. The van der Waals surface area contributed by atoms with Crippen LogP contribution in [-0.2, 0) is 36.2 Å². The van der Waals surface area contributed by atoms with Gasteiger partial charge in [-0.2, -0.15) is 4.72 Å². The average Bonchev–Trinajstić information content (AvgIpc) is 3.49. The lowest BCUT2D eigenvalue weighted by atomic mass is 9.67. The number of carbonyl (C=O) groups excluding carboxylic acids is 1. The van der Waals surface area contributed by atoms with Gasteiger partial charge in [-0.15, -0.1) is 0 Å². The summed E-state index contributed by atoms with van der Waals surface area (Å²) in [4.78, 5) is 31.5. The number of benzene rings is 2. The molecule has 0 bridgehead atoms. The van der Waals surface area contributed by atoms with Crippen molar-refractivity contribution < 1.29 is 27.9 Å². The van der Waals surface area contributed by atoms with Gasteiger partial charge in [-0.05, 0) is 48.6 Å². The average molecular weight is 635 g/mol. The maximum Gasteiger partial charge on any atom is 0.328 e. The molecule has 4 aromatic rings. The van der Waals surface area contributed by atoms with Crippen LogP contribution in [0.3, 0.4) is 0 Å². The van der Waals surface area contributed by atoms with Crippen LogP contribution >= 0.6 is 12.2 Å². The number of rotatable bonds is 11. The zero-order valence-corrected chi connectivity index (χ0v) is 25.8. The summed E-state index contributed by atoms with van der Waals surface area (Å²) in [5, 5.41) is 13.2. The number of nitrogens with zero attached hydrogens (tertiary/aromatic N) is 2. The number of ether oxygens (including phenoxy) is 1. The summed E-state index contributed by atoms with van der Waals surface area (Å²) < 4.78 is 38.0. The molecule has 10 nitrogen and oxygen atoms in total. The lowest BCUT2D eigenvalue weighted by Gasteiger charge is -2.45. The Bertz CT molecular complexity index is 1760. The molecule has 44 heavy (non-hydrogen) atoms. The van der Waals surface area contributed by atoms with Crippen molar-refractivity contribution >= 4 is 44.8 Å². The quantitative estimate of drug-likeness (QED) is 0.165. The number of likely N-dealkylation sites (N-methyl/N-ethyl adjacent to an activating group) is 1. The number of fused-ring (bicyclic) bond motifs is 1. The van der Waals surface area contributed by atoms with Crippen molar-refractivity contribution in [1.29, 1.82) is 0 Å². The summed E-state index contributed by atoms with van der Waals surface area (Å²) in [7, 11) is -2.64. The van der Waals surface area contributed by atoms with Crippen LogP contribution in [-0.4, -0.2) is 58.5 Å². The zero-order valence-electron chi connectivity index (χ0n) is 24.2. The highest BCUT2D eigenvalue weighted by Gasteiger charge is 2.52. The van der Waals surface area contributed by atoms with Crippen LogP contribution < -0.4 is 10.0 Å². The lowest BCUT2D eigenvalue weighted by molar-refractivity contribution is -0.164. The van der Waals surface area contributed by atoms with E-state index in [0.717, 1.165) is 24.1 Å². The van der Waals surface area contributed by atoms with Gasteiger partial charge in [0.2, 0.25) is 10.0 Å². The van der Waals surface area contributed by atoms with Crippen molar-refractivity contribution in [2.75, 3.05) is 7.05 Å². The molecule has 0 saturated heterocycles. The highest BCUT2D eigenvalue weighted by atomic mass is 32.2. The fraction of sp³-hybridized carbons (Fsp3) is 0.312. The molecule has 0 aliphatic heterocycles. The third kappa shape index (κ3) is 6.23. The first-order valence-electron chi connectivity index (χ1n) is 14.3. The van der Waals surface area contributed by atoms with Crippen molar-refractivity contribution in [1.82, 2.24) is 19.4 Å². The molecule has 2 heterocycles. The summed E-state index contributed by atoms with van der Waals surface area (Å²) in [6.07, 6.45) is 6.05. The Morgan fingerprint density at radius 2 is 1.80 bits per heavy atom. The SMILES string of the molecule is CNC(=S)C1(c2ccc3nccn3c2)CCCCC1OC(=O)[C@@](CC(=O)O)(Cc1ccccc1)NS(=O)(=O)c1ccccc1. The smallest absolute Gasteiger partial charge is 0.328 e. The highest BCUT2D eigenvalue weighted by molar-refractivity contribution is 7.89. The number of pyridine rings is 1. The second-order valence-electron chi connectivity index (χ2n) is 11.0. The number of hydrogen-bond acceptors (Lipinski definition) is 7. The van der Waals surface area contributed by atoms with E-state index in [1.807, 2.05) is 28.9 Å². The van der Waals surface area contributed by atoms with Crippen LogP contribution in [0.25, 0.3) is 5.65 Å². The summed E-state index contributed by atoms with van der Waals surface area (Å²) in [5.74, 6) is -2.35. The third-order valence-corrected chi connectivity index (χ3v) is 10.3. The monoisotopic (exact) mass is 634 g/mol. The molecule has 0 amide bonds. The Labute approximate surface area is 261 Å². The number of aliphatic carboxylic acids is 1. The summed E-state index contributed by atoms with van der Waals surface area (Å²) >= 11 is 5.89. The predicted molar refractivity (Wildman–Crippen MR) is 169 cm³/mol. The van der Waals surface area contributed by atoms with E-state index in [9.17, 15) is 23.1 Å². The second-order valence-corrected chi connectivity index (χ2v) is 13.1. The Morgan fingerprint density at radius 1 is 1.09 bits per heavy atom. The van der Waals surface area contributed by atoms with Crippen molar-refractivity contribution in [3.8, 4) is 0 Å². The summed E-state index contributed by atoms with van der Waals surface area (Å²) in [5.41, 5.74) is -1.01. The van der Waals surface area contributed by atoms with E-state index in [-0.39, 0.29) is 11.3 Å². The number of aromatic nitrogens is 2. The van der Waals surface area contributed by atoms with Gasteiger partial charge in [-0.1, -0.05) is 73.2 Å². The number of imidazole rings is 1.